The number of phenols is 1. The summed E-state index contributed by atoms with van der Waals surface area (Å²) in [6.45, 7) is 3.40. The van der Waals surface area contributed by atoms with Gasteiger partial charge in [0.1, 0.15) is 5.76 Å². The second-order valence-electron chi connectivity index (χ2n) is 3.25. The maximum absolute atomic E-state index is 13.6. The van der Waals surface area contributed by atoms with Gasteiger partial charge in [0.2, 0.25) is 0 Å². The number of benzene rings is 1. The molecule has 4 heteroatoms. The predicted molar refractivity (Wildman–Crippen MR) is 51.9 cm³/mol. The molecule has 3 nitrogen and oxygen atoms in total. The molecular formula is C11H9FNO2. The van der Waals surface area contributed by atoms with Crippen molar-refractivity contribution in [1.82, 2.24) is 5.16 Å². The zero-order valence-corrected chi connectivity index (χ0v) is 8.34. The number of hydrogen-bond acceptors (Lipinski definition) is 3. The van der Waals surface area contributed by atoms with Crippen LogP contribution in [-0.2, 0) is 0 Å². The van der Waals surface area contributed by atoms with Crippen molar-refractivity contribution in [2.45, 2.75) is 13.8 Å². The van der Waals surface area contributed by atoms with Gasteiger partial charge in [-0.25, -0.2) is 4.39 Å². The number of aryl methyl sites for hydroxylation is 2. The average Bonchev–Trinajstić information content (AvgIpc) is 2.52. The molecule has 2 rings (SSSR count). The van der Waals surface area contributed by atoms with E-state index >= 15 is 0 Å². The average molecular weight is 206 g/mol. The van der Waals surface area contributed by atoms with Crippen LogP contribution >= 0.6 is 0 Å². The summed E-state index contributed by atoms with van der Waals surface area (Å²) in [5.41, 5.74) is 1.31. The van der Waals surface area contributed by atoms with Crippen LogP contribution in [0.3, 0.4) is 0 Å². The van der Waals surface area contributed by atoms with Gasteiger partial charge in [0.15, 0.2) is 11.6 Å². The Labute approximate surface area is 86.1 Å². The highest BCUT2D eigenvalue weighted by atomic mass is 19.1. The lowest BCUT2D eigenvalue weighted by molar-refractivity contribution is 0.393. The molecule has 0 bridgehead atoms. The van der Waals surface area contributed by atoms with E-state index in [0.29, 0.717) is 17.0 Å². The smallest absolute Gasteiger partial charge is 0.173 e. The molecule has 1 aromatic carbocycles. The van der Waals surface area contributed by atoms with E-state index in [-0.39, 0.29) is 5.56 Å². The Morgan fingerprint density at radius 3 is 2.80 bits per heavy atom. The summed E-state index contributed by atoms with van der Waals surface area (Å²) in [5, 5.41) is 13.0. The minimum absolute atomic E-state index is 0.186. The van der Waals surface area contributed by atoms with E-state index in [1.54, 1.807) is 13.8 Å². The van der Waals surface area contributed by atoms with Crippen LogP contribution in [0, 0.1) is 25.7 Å². The first-order valence-corrected chi connectivity index (χ1v) is 4.43. The molecule has 2 aromatic rings. The van der Waals surface area contributed by atoms with Crippen molar-refractivity contribution in [1.29, 1.82) is 0 Å². The van der Waals surface area contributed by atoms with Crippen molar-refractivity contribution in [3.05, 3.63) is 35.5 Å². The van der Waals surface area contributed by atoms with Gasteiger partial charge in [-0.3, -0.25) is 0 Å². The standard InChI is InChI=1S/C11H9FNO2/c1-6-10(7(2)15-13-6)8-4-3-5-9(14)11(8)12/h3,5,14H,1-2H3. The topological polar surface area (TPSA) is 46.3 Å². The molecule has 0 spiro atoms. The Morgan fingerprint density at radius 2 is 2.20 bits per heavy atom. The van der Waals surface area contributed by atoms with Gasteiger partial charge in [-0.15, -0.1) is 0 Å². The summed E-state index contributed by atoms with van der Waals surface area (Å²) in [7, 11) is 0. The summed E-state index contributed by atoms with van der Waals surface area (Å²) in [4.78, 5) is 0. The summed E-state index contributed by atoms with van der Waals surface area (Å²) in [6, 6.07) is 5.43. The number of aromatic hydroxyl groups is 1. The first-order valence-electron chi connectivity index (χ1n) is 4.43. The van der Waals surface area contributed by atoms with Crippen LogP contribution in [0.4, 0.5) is 4.39 Å². The molecule has 1 radical (unpaired) electrons. The quantitative estimate of drug-likeness (QED) is 0.780. The van der Waals surface area contributed by atoms with E-state index in [0.717, 1.165) is 0 Å². The molecule has 0 aliphatic heterocycles. The van der Waals surface area contributed by atoms with Gasteiger partial charge in [0.05, 0.1) is 11.3 Å². The van der Waals surface area contributed by atoms with Crippen molar-refractivity contribution in [2.24, 2.45) is 0 Å². The number of nitrogens with zero attached hydrogens (tertiary/aromatic N) is 1. The van der Waals surface area contributed by atoms with Crippen molar-refractivity contribution in [2.75, 3.05) is 0 Å². The zero-order chi connectivity index (χ0) is 11.0. The second-order valence-corrected chi connectivity index (χ2v) is 3.25. The number of halogens is 1. The third-order valence-electron chi connectivity index (χ3n) is 2.20. The maximum atomic E-state index is 13.6. The molecule has 1 heterocycles. The van der Waals surface area contributed by atoms with E-state index in [1.165, 1.54) is 12.1 Å². The molecule has 1 aromatic heterocycles. The number of phenolic OH excluding ortho intramolecular Hbond substituents is 1. The minimum Gasteiger partial charge on any atom is -0.505 e. The molecular weight excluding hydrogens is 197 g/mol. The Morgan fingerprint density at radius 1 is 1.47 bits per heavy atom. The van der Waals surface area contributed by atoms with Crippen molar-refractivity contribution in [3.8, 4) is 16.9 Å². The van der Waals surface area contributed by atoms with E-state index in [4.69, 9.17) is 4.52 Å². The van der Waals surface area contributed by atoms with E-state index in [1.807, 2.05) is 0 Å². The number of hydrogen-bond donors (Lipinski definition) is 1. The lowest BCUT2D eigenvalue weighted by atomic mass is 10.0. The van der Waals surface area contributed by atoms with E-state index in [9.17, 15) is 9.50 Å². The predicted octanol–water partition coefficient (Wildman–Crippen LogP) is 2.60. The van der Waals surface area contributed by atoms with Gasteiger partial charge in [-0.05, 0) is 32.0 Å². The van der Waals surface area contributed by atoms with Gasteiger partial charge >= 0.3 is 0 Å². The summed E-state index contributed by atoms with van der Waals surface area (Å²) in [5.74, 6) is -0.594. The van der Waals surface area contributed by atoms with E-state index < -0.39 is 11.6 Å². The van der Waals surface area contributed by atoms with Crippen molar-refractivity contribution < 1.29 is 14.0 Å². The van der Waals surface area contributed by atoms with Crippen molar-refractivity contribution in [3.63, 3.8) is 0 Å². The summed E-state index contributed by atoms with van der Waals surface area (Å²) >= 11 is 0. The first-order chi connectivity index (χ1) is 7.11. The molecule has 0 saturated carbocycles. The minimum atomic E-state index is -0.702. The van der Waals surface area contributed by atoms with Crippen LogP contribution in [0.2, 0.25) is 0 Å². The molecule has 0 atom stereocenters. The van der Waals surface area contributed by atoms with E-state index in [2.05, 4.69) is 11.2 Å². The van der Waals surface area contributed by atoms with Gasteiger partial charge in [-0.2, -0.15) is 0 Å². The SMILES string of the molecule is Cc1noc(C)c1-c1[c]ccc(O)c1F. The molecule has 77 valence electrons. The third-order valence-corrected chi connectivity index (χ3v) is 2.20. The zero-order valence-electron chi connectivity index (χ0n) is 8.34. The first kappa shape index (κ1) is 9.71. The normalized spacial score (nSPS) is 10.6. The number of rotatable bonds is 1. The van der Waals surface area contributed by atoms with Crippen LogP contribution in [0.15, 0.2) is 16.7 Å². The Bertz CT molecular complexity index is 486. The monoisotopic (exact) mass is 206 g/mol. The highest BCUT2D eigenvalue weighted by Gasteiger charge is 2.17. The highest BCUT2D eigenvalue weighted by molar-refractivity contribution is 5.69. The fraction of sp³-hybridized carbons (Fsp3) is 0.182. The van der Waals surface area contributed by atoms with Crippen LogP contribution in [0.1, 0.15) is 11.5 Å². The maximum Gasteiger partial charge on any atom is 0.173 e. The Hall–Kier alpha value is -1.84. The largest absolute Gasteiger partial charge is 0.505 e. The molecule has 0 saturated heterocycles. The van der Waals surface area contributed by atoms with Crippen molar-refractivity contribution >= 4 is 0 Å². The van der Waals surface area contributed by atoms with Gasteiger partial charge in [-0.1, -0.05) is 5.16 Å². The second kappa shape index (κ2) is 3.38. The lowest BCUT2D eigenvalue weighted by Crippen LogP contribution is -1.87. The van der Waals surface area contributed by atoms with Crippen LogP contribution in [0.25, 0.3) is 11.1 Å². The summed E-state index contributed by atoms with van der Waals surface area (Å²) in [6.07, 6.45) is 0. The highest BCUT2D eigenvalue weighted by Crippen LogP contribution is 2.31. The number of aromatic nitrogens is 1. The Balaban J connectivity index is 2.69. The van der Waals surface area contributed by atoms with Crippen LogP contribution < -0.4 is 0 Å². The molecule has 0 unspecified atom stereocenters. The fourth-order valence-corrected chi connectivity index (χ4v) is 1.49. The molecule has 0 fully saturated rings. The lowest BCUT2D eigenvalue weighted by Gasteiger charge is -2.02. The molecule has 1 N–H and O–H groups in total. The molecule has 0 aliphatic rings. The molecule has 0 aliphatic carbocycles. The van der Waals surface area contributed by atoms with Crippen LogP contribution in [0.5, 0.6) is 5.75 Å². The van der Waals surface area contributed by atoms with Gasteiger partial charge in [0, 0.05) is 5.56 Å². The molecule has 0 amide bonds. The third kappa shape index (κ3) is 1.48. The Kier molecular flexibility index (Phi) is 2.19. The van der Waals surface area contributed by atoms with Gasteiger partial charge < -0.3 is 9.63 Å². The fourth-order valence-electron chi connectivity index (χ4n) is 1.49. The molecule has 15 heavy (non-hydrogen) atoms. The van der Waals surface area contributed by atoms with Gasteiger partial charge in [0.25, 0.3) is 0 Å². The summed E-state index contributed by atoms with van der Waals surface area (Å²) < 4.78 is 18.5. The van der Waals surface area contributed by atoms with Crippen LogP contribution in [-0.4, -0.2) is 10.3 Å².